The highest BCUT2D eigenvalue weighted by atomic mass is 19.4. The van der Waals surface area contributed by atoms with Gasteiger partial charge in [-0.05, 0) is 40.7 Å². The molecule has 0 aliphatic carbocycles. The molecule has 0 amide bonds. The molecule has 0 aliphatic rings. The van der Waals surface area contributed by atoms with Gasteiger partial charge in [-0.15, -0.1) is 0 Å². The van der Waals surface area contributed by atoms with E-state index in [1.807, 2.05) is 47.6 Å². The molecule has 0 radical (unpaired) electrons. The van der Waals surface area contributed by atoms with Crippen molar-refractivity contribution in [1.29, 1.82) is 0 Å². The molecular weight excluding hydrogens is 420 g/mol. The van der Waals surface area contributed by atoms with Gasteiger partial charge in [0, 0.05) is 17.3 Å². The standard InChI is InChI=1S/C23H25F6NO/c1-20(2,3)14-7-13(19(31)18(11-14)21(4,5)6)12-30-17-9-15(22(24,25)26)8-16(10-17)23(27,28)29/h7-12,31H,1-6H3. The number of aliphatic imine (C=N–C) groups is 1. The molecule has 2 aromatic carbocycles. The fourth-order valence-corrected chi connectivity index (χ4v) is 2.92. The molecule has 0 unspecified atom stereocenters. The van der Waals surface area contributed by atoms with Gasteiger partial charge < -0.3 is 5.11 Å². The Kier molecular flexibility index (Phi) is 6.29. The summed E-state index contributed by atoms with van der Waals surface area (Å²) in [6.07, 6.45) is -8.83. The lowest BCUT2D eigenvalue weighted by atomic mass is 9.79. The lowest BCUT2D eigenvalue weighted by Gasteiger charge is -2.27. The number of aromatic hydroxyl groups is 1. The Hall–Kier alpha value is -2.51. The molecule has 0 atom stereocenters. The molecule has 0 aliphatic heterocycles. The number of rotatable bonds is 2. The molecule has 1 N–H and O–H groups in total. The highest BCUT2D eigenvalue weighted by Gasteiger charge is 2.37. The van der Waals surface area contributed by atoms with Gasteiger partial charge in [0.05, 0.1) is 16.8 Å². The molecule has 0 spiro atoms. The Balaban J connectivity index is 2.67. The molecule has 8 heteroatoms. The van der Waals surface area contributed by atoms with Crippen LogP contribution in [0, 0.1) is 0 Å². The van der Waals surface area contributed by atoms with E-state index in [4.69, 9.17) is 0 Å². The third-order valence-electron chi connectivity index (χ3n) is 4.74. The first-order valence-corrected chi connectivity index (χ1v) is 9.51. The zero-order valence-electron chi connectivity index (χ0n) is 18.1. The smallest absolute Gasteiger partial charge is 0.416 e. The van der Waals surface area contributed by atoms with Gasteiger partial charge in [0.15, 0.2) is 0 Å². The van der Waals surface area contributed by atoms with Crippen LogP contribution in [0.1, 0.15) is 69.4 Å². The van der Waals surface area contributed by atoms with Crippen LogP contribution in [0.5, 0.6) is 5.75 Å². The number of halogens is 6. The lowest BCUT2D eigenvalue weighted by Crippen LogP contribution is -2.17. The minimum Gasteiger partial charge on any atom is -0.507 e. The number of alkyl halides is 6. The Morgan fingerprint density at radius 2 is 1.16 bits per heavy atom. The first-order valence-electron chi connectivity index (χ1n) is 9.51. The van der Waals surface area contributed by atoms with Crippen LogP contribution >= 0.6 is 0 Å². The van der Waals surface area contributed by atoms with Gasteiger partial charge in [0.1, 0.15) is 5.75 Å². The van der Waals surface area contributed by atoms with Crippen molar-refractivity contribution in [3.8, 4) is 5.75 Å². The van der Waals surface area contributed by atoms with Crippen LogP contribution in [0.15, 0.2) is 35.3 Å². The molecule has 31 heavy (non-hydrogen) atoms. The summed E-state index contributed by atoms with van der Waals surface area (Å²) in [5, 5.41) is 10.7. The third-order valence-corrected chi connectivity index (χ3v) is 4.74. The molecule has 0 saturated carbocycles. The summed E-state index contributed by atoms with van der Waals surface area (Å²) in [6, 6.07) is 4.61. The molecule has 170 valence electrons. The fourth-order valence-electron chi connectivity index (χ4n) is 2.92. The largest absolute Gasteiger partial charge is 0.507 e. The summed E-state index contributed by atoms with van der Waals surface area (Å²) in [5.41, 5.74) is -2.51. The Morgan fingerprint density at radius 1 is 0.677 bits per heavy atom. The molecule has 0 bridgehead atoms. The van der Waals surface area contributed by atoms with Crippen LogP contribution in [0.25, 0.3) is 0 Å². The van der Waals surface area contributed by atoms with Crippen LogP contribution in [0.4, 0.5) is 32.0 Å². The van der Waals surface area contributed by atoms with Gasteiger partial charge >= 0.3 is 12.4 Å². The molecule has 0 heterocycles. The molecule has 2 nitrogen and oxygen atoms in total. The molecule has 0 saturated heterocycles. The van der Waals surface area contributed by atoms with Gasteiger partial charge in [-0.25, -0.2) is 0 Å². The summed E-state index contributed by atoms with van der Waals surface area (Å²) < 4.78 is 78.4. The van der Waals surface area contributed by atoms with E-state index in [0.29, 0.717) is 17.7 Å². The number of phenolic OH excluding ortho intramolecular Hbond substituents is 1. The van der Waals surface area contributed by atoms with Gasteiger partial charge in [0.2, 0.25) is 0 Å². The van der Waals surface area contributed by atoms with Crippen LogP contribution in [0.2, 0.25) is 0 Å². The SMILES string of the molecule is CC(C)(C)c1cc(C=Nc2cc(C(F)(F)F)cc(C(F)(F)F)c2)c(O)c(C(C)(C)C)c1. The minimum atomic E-state index is -4.96. The first-order chi connectivity index (χ1) is 13.8. The molecule has 2 aromatic rings. The summed E-state index contributed by atoms with van der Waals surface area (Å²) in [5.74, 6) is -0.118. The van der Waals surface area contributed by atoms with Gasteiger partial charge in [0.25, 0.3) is 0 Å². The van der Waals surface area contributed by atoms with E-state index in [0.717, 1.165) is 11.8 Å². The average Bonchev–Trinajstić information content (AvgIpc) is 2.57. The Labute approximate surface area is 177 Å². The predicted octanol–water partition coefficient (Wildman–Crippen LogP) is 7.78. The maximum atomic E-state index is 13.1. The van der Waals surface area contributed by atoms with E-state index in [-0.39, 0.29) is 22.8 Å². The zero-order valence-corrected chi connectivity index (χ0v) is 18.1. The van der Waals surface area contributed by atoms with Crippen LogP contribution in [0.3, 0.4) is 0 Å². The van der Waals surface area contributed by atoms with Crippen LogP contribution in [-0.4, -0.2) is 11.3 Å². The normalized spacial score (nSPS) is 13.8. The summed E-state index contributed by atoms with van der Waals surface area (Å²) in [7, 11) is 0. The van der Waals surface area contributed by atoms with Crippen molar-refractivity contribution in [2.24, 2.45) is 4.99 Å². The van der Waals surface area contributed by atoms with E-state index in [1.54, 1.807) is 6.07 Å². The first kappa shape index (κ1) is 24.8. The molecule has 0 fully saturated rings. The quantitative estimate of drug-likeness (QED) is 0.372. The number of benzene rings is 2. The highest BCUT2D eigenvalue weighted by molar-refractivity contribution is 5.87. The van der Waals surface area contributed by atoms with Crippen molar-refractivity contribution in [3.05, 3.63) is 58.1 Å². The second-order valence-corrected chi connectivity index (χ2v) is 9.48. The monoisotopic (exact) mass is 445 g/mol. The van der Waals surface area contributed by atoms with E-state index >= 15 is 0 Å². The molecule has 0 aromatic heterocycles. The Morgan fingerprint density at radius 3 is 1.55 bits per heavy atom. The summed E-state index contributed by atoms with van der Waals surface area (Å²) >= 11 is 0. The topological polar surface area (TPSA) is 32.6 Å². The number of hydrogen-bond acceptors (Lipinski definition) is 2. The van der Waals surface area contributed by atoms with Gasteiger partial charge in [-0.2, -0.15) is 26.3 Å². The second kappa shape index (κ2) is 7.88. The second-order valence-electron chi connectivity index (χ2n) is 9.48. The predicted molar refractivity (Wildman–Crippen MR) is 109 cm³/mol. The van der Waals surface area contributed by atoms with Crippen molar-refractivity contribution < 1.29 is 31.4 Å². The third kappa shape index (κ3) is 6.02. The fraction of sp³-hybridized carbons (Fsp3) is 0.435. The maximum absolute atomic E-state index is 13.1. The van der Waals surface area contributed by atoms with E-state index in [1.165, 1.54) is 0 Å². The molecule has 2 rings (SSSR count). The Bertz CT molecular complexity index is 957. The van der Waals surface area contributed by atoms with Crippen LogP contribution in [-0.2, 0) is 23.2 Å². The van der Waals surface area contributed by atoms with Crippen molar-refractivity contribution >= 4 is 11.9 Å². The highest BCUT2D eigenvalue weighted by Crippen LogP contribution is 2.39. The van der Waals surface area contributed by atoms with Crippen molar-refractivity contribution in [2.75, 3.05) is 0 Å². The van der Waals surface area contributed by atoms with Crippen molar-refractivity contribution in [3.63, 3.8) is 0 Å². The van der Waals surface area contributed by atoms with Crippen molar-refractivity contribution in [2.45, 2.75) is 64.7 Å². The summed E-state index contributed by atoms with van der Waals surface area (Å²) in [4.78, 5) is 3.85. The number of hydrogen-bond donors (Lipinski definition) is 1. The van der Waals surface area contributed by atoms with E-state index in [9.17, 15) is 31.4 Å². The van der Waals surface area contributed by atoms with Gasteiger partial charge in [-0.1, -0.05) is 47.6 Å². The van der Waals surface area contributed by atoms with E-state index in [2.05, 4.69) is 4.99 Å². The number of phenols is 1. The van der Waals surface area contributed by atoms with Gasteiger partial charge in [-0.3, -0.25) is 4.99 Å². The zero-order chi connectivity index (χ0) is 24.0. The number of nitrogens with zero attached hydrogens (tertiary/aromatic N) is 1. The van der Waals surface area contributed by atoms with E-state index < -0.39 is 34.6 Å². The lowest BCUT2D eigenvalue weighted by molar-refractivity contribution is -0.143. The van der Waals surface area contributed by atoms with Crippen molar-refractivity contribution in [1.82, 2.24) is 0 Å². The molecular formula is C23H25F6NO. The minimum absolute atomic E-state index is 0.0500. The van der Waals surface area contributed by atoms with Crippen LogP contribution < -0.4 is 0 Å². The summed E-state index contributed by atoms with van der Waals surface area (Å²) in [6.45, 7) is 11.5. The maximum Gasteiger partial charge on any atom is 0.416 e. The average molecular weight is 445 g/mol.